The topological polar surface area (TPSA) is 98.3 Å². The molecule has 8 heteroatoms. The van der Waals surface area contributed by atoms with E-state index in [9.17, 15) is 14.4 Å². The molecule has 0 aromatic carbocycles. The van der Waals surface area contributed by atoms with E-state index in [-0.39, 0.29) is 24.0 Å². The molecule has 0 saturated carbocycles. The normalized spacial score (nSPS) is 12.2. The molecule has 136 valence electrons. The molecule has 0 fully saturated rings. The van der Waals surface area contributed by atoms with Gasteiger partial charge in [0.15, 0.2) is 11.9 Å². The molecule has 2 heterocycles. The van der Waals surface area contributed by atoms with Crippen molar-refractivity contribution in [2.45, 2.75) is 53.1 Å². The Bertz CT molecular complexity index is 839. The summed E-state index contributed by atoms with van der Waals surface area (Å²) in [5, 5.41) is 0.362. The number of thiophene rings is 1. The average Bonchev–Trinajstić information content (AvgIpc) is 2.90. The number of nitrogens with zero attached hydrogens (tertiary/aromatic N) is 1. The summed E-state index contributed by atoms with van der Waals surface area (Å²) in [5.74, 6) is -0.534. The molecular weight excluding hydrogens is 344 g/mol. The van der Waals surface area contributed by atoms with Gasteiger partial charge in [0.25, 0.3) is 5.56 Å². The van der Waals surface area contributed by atoms with E-state index in [0.717, 1.165) is 24.2 Å². The first-order chi connectivity index (χ1) is 11.9. The second kappa shape index (κ2) is 8.24. The maximum Gasteiger partial charge on any atom is 0.348 e. The van der Waals surface area contributed by atoms with Crippen molar-refractivity contribution in [1.82, 2.24) is 9.97 Å². The van der Waals surface area contributed by atoms with Crippen molar-refractivity contribution in [3.8, 4) is 0 Å². The van der Waals surface area contributed by atoms with Gasteiger partial charge in [0.05, 0.1) is 12.0 Å². The molecule has 0 amide bonds. The number of aromatic nitrogens is 2. The molecule has 0 bridgehead atoms. The molecule has 0 aliphatic heterocycles. The maximum absolute atomic E-state index is 12.4. The third-order valence-corrected chi connectivity index (χ3v) is 4.87. The van der Waals surface area contributed by atoms with Crippen molar-refractivity contribution < 1.29 is 19.1 Å². The van der Waals surface area contributed by atoms with Crippen molar-refractivity contribution in [2.75, 3.05) is 6.61 Å². The van der Waals surface area contributed by atoms with Crippen LogP contribution in [-0.4, -0.2) is 28.5 Å². The first kappa shape index (κ1) is 19.1. The van der Waals surface area contributed by atoms with Crippen molar-refractivity contribution in [3.05, 3.63) is 26.6 Å². The van der Waals surface area contributed by atoms with Gasteiger partial charge in [0.1, 0.15) is 9.71 Å². The molecule has 1 atom stereocenters. The van der Waals surface area contributed by atoms with Crippen LogP contribution in [0.1, 0.15) is 67.2 Å². The van der Waals surface area contributed by atoms with Crippen molar-refractivity contribution in [2.24, 2.45) is 0 Å². The lowest BCUT2D eigenvalue weighted by Gasteiger charge is -2.12. The molecule has 0 saturated heterocycles. The zero-order chi connectivity index (χ0) is 18.6. The molecule has 2 rings (SSSR count). The molecule has 25 heavy (non-hydrogen) atoms. The fraction of sp³-hybridized carbons (Fsp3) is 0.529. The number of H-pyrrole nitrogens is 1. The van der Waals surface area contributed by atoms with Gasteiger partial charge in [0, 0.05) is 6.42 Å². The molecule has 0 radical (unpaired) electrons. The fourth-order valence-corrected chi connectivity index (χ4v) is 3.46. The Morgan fingerprint density at radius 2 is 2.04 bits per heavy atom. The van der Waals surface area contributed by atoms with Crippen LogP contribution in [0.2, 0.25) is 0 Å². The van der Waals surface area contributed by atoms with Gasteiger partial charge in [-0.15, -0.1) is 11.3 Å². The van der Waals surface area contributed by atoms with Crippen LogP contribution in [0.3, 0.4) is 0 Å². The molecule has 1 N–H and O–H groups in total. The van der Waals surface area contributed by atoms with Crippen LogP contribution in [0.25, 0.3) is 10.2 Å². The smallest absolute Gasteiger partial charge is 0.348 e. The lowest BCUT2D eigenvalue weighted by molar-refractivity contribution is -0.149. The second-order valence-electron chi connectivity index (χ2n) is 5.64. The number of unbranched alkanes of at least 4 members (excludes halogenated alkanes) is 1. The predicted molar refractivity (Wildman–Crippen MR) is 95.0 cm³/mol. The fourth-order valence-electron chi connectivity index (χ4n) is 2.38. The lowest BCUT2D eigenvalue weighted by atomic mass is 10.2. The first-order valence-corrected chi connectivity index (χ1v) is 9.10. The van der Waals surface area contributed by atoms with Crippen LogP contribution < -0.4 is 5.56 Å². The standard InChI is InChI=1S/C17H22N2O5S/c1-5-7-8-11(20)24-10(4)14-18-15(21)12-9(3)13(17(22)23-6-2)25-16(12)19-14/h10H,5-8H2,1-4H3,(H,18,19,21)/t10-/m1/s1. The highest BCUT2D eigenvalue weighted by Crippen LogP contribution is 2.28. The number of hydrogen-bond acceptors (Lipinski definition) is 7. The highest BCUT2D eigenvalue weighted by Gasteiger charge is 2.22. The van der Waals surface area contributed by atoms with E-state index in [1.807, 2.05) is 6.92 Å². The van der Waals surface area contributed by atoms with Gasteiger partial charge in [-0.3, -0.25) is 9.59 Å². The van der Waals surface area contributed by atoms with Crippen LogP contribution >= 0.6 is 11.3 Å². The Morgan fingerprint density at radius 1 is 1.32 bits per heavy atom. The van der Waals surface area contributed by atoms with Gasteiger partial charge < -0.3 is 14.5 Å². The van der Waals surface area contributed by atoms with Crippen molar-refractivity contribution in [1.29, 1.82) is 0 Å². The van der Waals surface area contributed by atoms with Crippen molar-refractivity contribution in [3.63, 3.8) is 0 Å². The van der Waals surface area contributed by atoms with Gasteiger partial charge in [-0.25, -0.2) is 9.78 Å². The largest absolute Gasteiger partial charge is 0.462 e. The Hall–Kier alpha value is -2.22. The Labute approximate surface area is 149 Å². The lowest BCUT2D eigenvalue weighted by Crippen LogP contribution is -2.17. The van der Waals surface area contributed by atoms with Crippen LogP contribution in [0, 0.1) is 6.92 Å². The van der Waals surface area contributed by atoms with Gasteiger partial charge in [0.2, 0.25) is 0 Å². The zero-order valence-corrected chi connectivity index (χ0v) is 15.6. The monoisotopic (exact) mass is 366 g/mol. The number of rotatable bonds is 7. The third kappa shape index (κ3) is 4.25. The quantitative estimate of drug-likeness (QED) is 0.755. The summed E-state index contributed by atoms with van der Waals surface area (Å²) >= 11 is 1.10. The number of carbonyl (C=O) groups is 2. The summed E-state index contributed by atoms with van der Waals surface area (Å²) in [7, 11) is 0. The molecular formula is C17H22N2O5S. The van der Waals surface area contributed by atoms with E-state index >= 15 is 0 Å². The number of carbonyl (C=O) groups excluding carboxylic acids is 2. The van der Waals surface area contributed by atoms with E-state index in [0.29, 0.717) is 27.1 Å². The van der Waals surface area contributed by atoms with E-state index in [2.05, 4.69) is 9.97 Å². The van der Waals surface area contributed by atoms with Crippen molar-refractivity contribution >= 4 is 33.5 Å². The number of hydrogen-bond donors (Lipinski definition) is 1. The minimum atomic E-state index is -0.671. The second-order valence-corrected chi connectivity index (χ2v) is 6.64. The average molecular weight is 366 g/mol. The Balaban J connectivity index is 2.33. The summed E-state index contributed by atoms with van der Waals surface area (Å²) in [6, 6.07) is 0. The molecule has 0 aliphatic carbocycles. The summed E-state index contributed by atoms with van der Waals surface area (Å²) in [6.07, 6.45) is 1.31. The summed E-state index contributed by atoms with van der Waals surface area (Å²) in [4.78, 5) is 43.9. The molecule has 7 nitrogen and oxygen atoms in total. The van der Waals surface area contributed by atoms with Crippen LogP contribution in [0.5, 0.6) is 0 Å². The molecule has 0 aliphatic rings. The molecule has 0 unspecified atom stereocenters. The number of esters is 2. The first-order valence-electron chi connectivity index (χ1n) is 8.28. The van der Waals surface area contributed by atoms with E-state index in [4.69, 9.17) is 9.47 Å². The third-order valence-electron chi connectivity index (χ3n) is 3.71. The number of ether oxygens (including phenoxy) is 2. The number of nitrogens with one attached hydrogen (secondary N) is 1. The number of fused-ring (bicyclic) bond motifs is 1. The predicted octanol–water partition coefficient (Wildman–Crippen LogP) is 3.26. The van der Waals surface area contributed by atoms with Crippen LogP contribution in [-0.2, 0) is 14.3 Å². The Kier molecular flexibility index (Phi) is 6.30. The van der Waals surface area contributed by atoms with E-state index in [1.54, 1.807) is 20.8 Å². The number of aromatic amines is 1. The van der Waals surface area contributed by atoms with Crippen LogP contribution in [0.15, 0.2) is 4.79 Å². The minimum absolute atomic E-state index is 0.256. The Morgan fingerprint density at radius 3 is 2.68 bits per heavy atom. The summed E-state index contributed by atoms with van der Waals surface area (Å²) in [5.41, 5.74) is 0.187. The number of aryl methyl sites for hydroxylation is 1. The van der Waals surface area contributed by atoms with Gasteiger partial charge >= 0.3 is 11.9 Å². The summed E-state index contributed by atoms with van der Waals surface area (Å²) < 4.78 is 10.3. The molecule has 2 aromatic rings. The minimum Gasteiger partial charge on any atom is -0.462 e. The maximum atomic E-state index is 12.4. The summed E-state index contributed by atoms with van der Waals surface area (Å²) in [6.45, 7) is 7.31. The van der Waals surface area contributed by atoms with Gasteiger partial charge in [-0.1, -0.05) is 13.3 Å². The zero-order valence-electron chi connectivity index (χ0n) is 14.8. The van der Waals surface area contributed by atoms with E-state index < -0.39 is 12.1 Å². The van der Waals surface area contributed by atoms with Crippen LogP contribution in [0.4, 0.5) is 0 Å². The van der Waals surface area contributed by atoms with Gasteiger partial charge in [-0.05, 0) is 32.8 Å². The van der Waals surface area contributed by atoms with Gasteiger partial charge in [-0.2, -0.15) is 0 Å². The SMILES string of the molecule is CCCCC(=O)O[C@H](C)c1nc2sc(C(=O)OCC)c(C)c2c(=O)[nH]1. The highest BCUT2D eigenvalue weighted by molar-refractivity contribution is 7.20. The van der Waals surface area contributed by atoms with E-state index in [1.165, 1.54) is 0 Å². The molecule has 0 spiro atoms. The highest BCUT2D eigenvalue weighted by atomic mass is 32.1. The molecule has 2 aromatic heterocycles.